The number of ether oxygens (including phenoxy) is 1. The molecule has 1 aliphatic heterocycles. The summed E-state index contributed by atoms with van der Waals surface area (Å²) >= 11 is 0. The van der Waals surface area contributed by atoms with E-state index < -0.39 is 6.10 Å². The summed E-state index contributed by atoms with van der Waals surface area (Å²) in [5, 5.41) is 19.7. The largest absolute Gasteiger partial charge is 0.465 e. The summed E-state index contributed by atoms with van der Waals surface area (Å²) in [5.41, 5.74) is 0. The van der Waals surface area contributed by atoms with Crippen LogP contribution in [0.15, 0.2) is 0 Å². The molecule has 2 N–H and O–H groups in total. The van der Waals surface area contributed by atoms with Crippen LogP contribution in [0.1, 0.15) is 58.3 Å². The molecule has 1 rings (SSSR count). The summed E-state index contributed by atoms with van der Waals surface area (Å²) in [6, 6.07) is 0. The van der Waals surface area contributed by atoms with E-state index in [1.807, 2.05) is 0 Å². The molecular weight excluding hydrogens is 232 g/mol. The molecule has 0 spiro atoms. The van der Waals surface area contributed by atoms with E-state index in [4.69, 9.17) is 4.74 Å². The highest BCUT2D eigenvalue weighted by Gasteiger charge is 2.25. The van der Waals surface area contributed by atoms with E-state index in [0.29, 0.717) is 19.4 Å². The Hall–Kier alpha value is -0.610. The first-order valence-corrected chi connectivity index (χ1v) is 7.15. The van der Waals surface area contributed by atoms with Crippen molar-refractivity contribution in [1.82, 2.24) is 0 Å². The summed E-state index contributed by atoms with van der Waals surface area (Å²) in [7, 11) is 0. The Balaban J connectivity index is 2.09. The third kappa shape index (κ3) is 5.83. The average Bonchev–Trinajstić information content (AvgIpc) is 2.37. The van der Waals surface area contributed by atoms with Crippen LogP contribution < -0.4 is 0 Å². The lowest BCUT2D eigenvalue weighted by atomic mass is 9.92. The van der Waals surface area contributed by atoms with Crippen LogP contribution in [0.3, 0.4) is 0 Å². The molecule has 3 atom stereocenters. The minimum Gasteiger partial charge on any atom is -0.465 e. The smallest absolute Gasteiger partial charge is 0.305 e. The fourth-order valence-corrected chi connectivity index (χ4v) is 2.34. The van der Waals surface area contributed by atoms with Crippen LogP contribution in [-0.2, 0) is 9.53 Å². The van der Waals surface area contributed by atoms with Gasteiger partial charge in [-0.1, -0.05) is 19.8 Å². The molecule has 0 saturated carbocycles. The molecule has 0 aliphatic carbocycles. The van der Waals surface area contributed by atoms with Gasteiger partial charge in [0.1, 0.15) is 0 Å². The van der Waals surface area contributed by atoms with Gasteiger partial charge in [-0.2, -0.15) is 0 Å². The molecule has 0 aromatic heterocycles. The van der Waals surface area contributed by atoms with Crippen LogP contribution in [0, 0.1) is 5.92 Å². The lowest BCUT2D eigenvalue weighted by molar-refractivity contribution is -0.152. The second-order valence-corrected chi connectivity index (χ2v) is 5.28. The number of carbonyl (C=O) groups excluding carboxylic acids is 1. The molecule has 1 fully saturated rings. The average molecular weight is 258 g/mol. The van der Waals surface area contributed by atoms with Crippen molar-refractivity contribution in [2.24, 2.45) is 5.92 Å². The Morgan fingerprint density at radius 1 is 1.28 bits per heavy atom. The van der Waals surface area contributed by atoms with Crippen LogP contribution in [0.4, 0.5) is 0 Å². The van der Waals surface area contributed by atoms with Crippen molar-refractivity contribution in [3.8, 4) is 0 Å². The molecule has 0 aromatic carbocycles. The normalized spacial score (nSPS) is 23.5. The lowest BCUT2D eigenvalue weighted by Crippen LogP contribution is -2.31. The summed E-state index contributed by atoms with van der Waals surface area (Å²) in [6.45, 7) is 2.46. The van der Waals surface area contributed by atoms with E-state index in [1.165, 1.54) is 0 Å². The van der Waals surface area contributed by atoms with Gasteiger partial charge in [0.2, 0.25) is 0 Å². The number of unbranched alkanes of at least 4 members (excludes halogenated alkanes) is 1. The van der Waals surface area contributed by atoms with Crippen molar-refractivity contribution in [1.29, 1.82) is 0 Å². The van der Waals surface area contributed by atoms with Gasteiger partial charge in [-0.25, -0.2) is 0 Å². The van der Waals surface area contributed by atoms with Gasteiger partial charge in [-0.05, 0) is 32.1 Å². The zero-order valence-corrected chi connectivity index (χ0v) is 11.3. The maximum Gasteiger partial charge on any atom is 0.305 e. The zero-order valence-electron chi connectivity index (χ0n) is 11.3. The topological polar surface area (TPSA) is 66.8 Å². The molecule has 1 saturated heterocycles. The first-order valence-electron chi connectivity index (χ1n) is 7.15. The molecule has 4 heteroatoms. The molecular formula is C14H26O4. The number of esters is 1. The third-order valence-electron chi connectivity index (χ3n) is 3.65. The predicted octanol–water partition coefficient (Wildman–Crippen LogP) is 2.02. The van der Waals surface area contributed by atoms with Gasteiger partial charge < -0.3 is 14.9 Å². The van der Waals surface area contributed by atoms with Crippen molar-refractivity contribution in [3.63, 3.8) is 0 Å². The van der Waals surface area contributed by atoms with Gasteiger partial charge in [-0.3, -0.25) is 4.79 Å². The molecule has 4 nitrogen and oxygen atoms in total. The fourth-order valence-electron chi connectivity index (χ4n) is 2.34. The lowest BCUT2D eigenvalue weighted by Gasteiger charge is -2.26. The Morgan fingerprint density at radius 3 is 2.61 bits per heavy atom. The highest BCUT2D eigenvalue weighted by molar-refractivity contribution is 5.69. The third-order valence-corrected chi connectivity index (χ3v) is 3.65. The number of cyclic esters (lactones) is 1. The van der Waals surface area contributed by atoms with Crippen LogP contribution in [0.25, 0.3) is 0 Å². The highest BCUT2D eigenvalue weighted by Crippen LogP contribution is 2.22. The number of rotatable bonds is 8. The van der Waals surface area contributed by atoms with E-state index in [9.17, 15) is 15.0 Å². The van der Waals surface area contributed by atoms with Crippen molar-refractivity contribution in [3.05, 3.63) is 0 Å². The van der Waals surface area contributed by atoms with Crippen molar-refractivity contribution < 1.29 is 19.7 Å². The second kappa shape index (κ2) is 8.48. The van der Waals surface area contributed by atoms with Crippen molar-refractivity contribution >= 4 is 5.97 Å². The molecule has 1 aliphatic rings. The van der Waals surface area contributed by atoms with Gasteiger partial charge in [-0.15, -0.1) is 0 Å². The Bertz CT molecular complexity index is 232. The molecule has 0 aromatic rings. The molecule has 0 radical (unpaired) electrons. The monoisotopic (exact) mass is 258 g/mol. The van der Waals surface area contributed by atoms with Crippen LogP contribution in [-0.4, -0.2) is 35.0 Å². The first-order chi connectivity index (χ1) is 8.63. The maximum atomic E-state index is 10.9. The van der Waals surface area contributed by atoms with Crippen molar-refractivity contribution in [2.75, 3.05) is 6.61 Å². The molecule has 106 valence electrons. The molecule has 1 heterocycles. The Kier molecular flexibility index (Phi) is 7.28. The van der Waals surface area contributed by atoms with E-state index in [1.54, 1.807) is 0 Å². The van der Waals surface area contributed by atoms with E-state index in [2.05, 4.69) is 6.92 Å². The predicted molar refractivity (Wildman–Crippen MR) is 69.1 cm³/mol. The summed E-state index contributed by atoms with van der Waals surface area (Å²) in [4.78, 5) is 10.9. The Labute approximate surface area is 109 Å². The van der Waals surface area contributed by atoms with Gasteiger partial charge >= 0.3 is 5.97 Å². The van der Waals surface area contributed by atoms with Gasteiger partial charge in [0.25, 0.3) is 0 Å². The quantitative estimate of drug-likeness (QED) is 0.654. The highest BCUT2D eigenvalue weighted by atomic mass is 16.5. The second-order valence-electron chi connectivity index (χ2n) is 5.28. The first kappa shape index (κ1) is 15.4. The fraction of sp³-hybridized carbons (Fsp3) is 0.929. The van der Waals surface area contributed by atoms with E-state index in [0.717, 1.165) is 38.5 Å². The SMILES string of the molecule is CCCCC(O)CCC[C@@H](O)[C@H]1CCC(=O)OC1. The molecule has 1 unspecified atom stereocenters. The maximum absolute atomic E-state index is 10.9. The number of aliphatic hydroxyl groups excluding tert-OH is 2. The van der Waals surface area contributed by atoms with Crippen LogP contribution in [0.5, 0.6) is 0 Å². The van der Waals surface area contributed by atoms with Gasteiger partial charge in [0.15, 0.2) is 0 Å². The van der Waals surface area contributed by atoms with Crippen LogP contribution >= 0.6 is 0 Å². The number of hydrogen-bond acceptors (Lipinski definition) is 4. The van der Waals surface area contributed by atoms with E-state index >= 15 is 0 Å². The summed E-state index contributed by atoms with van der Waals surface area (Å²) < 4.78 is 4.94. The number of aliphatic hydroxyl groups is 2. The van der Waals surface area contributed by atoms with E-state index in [-0.39, 0.29) is 18.0 Å². The number of carbonyl (C=O) groups is 1. The number of hydrogen-bond donors (Lipinski definition) is 2. The Morgan fingerprint density at radius 2 is 2.00 bits per heavy atom. The molecule has 0 bridgehead atoms. The molecule has 18 heavy (non-hydrogen) atoms. The summed E-state index contributed by atoms with van der Waals surface area (Å²) in [5.74, 6) is -0.0797. The van der Waals surface area contributed by atoms with Gasteiger partial charge in [0.05, 0.1) is 18.8 Å². The van der Waals surface area contributed by atoms with Gasteiger partial charge in [0, 0.05) is 12.3 Å². The minimum absolute atomic E-state index is 0.0792. The van der Waals surface area contributed by atoms with Crippen LogP contribution in [0.2, 0.25) is 0 Å². The zero-order chi connectivity index (χ0) is 13.4. The van der Waals surface area contributed by atoms with Crippen molar-refractivity contribution in [2.45, 2.75) is 70.5 Å². The molecule has 0 amide bonds. The minimum atomic E-state index is -0.406. The standard InChI is InChI=1S/C14H26O4/c1-2-3-5-12(15)6-4-7-13(16)11-8-9-14(17)18-10-11/h11-13,15-16H,2-10H2,1H3/t11-,12?,13+/m0/s1. The summed E-state index contributed by atoms with van der Waals surface area (Å²) in [6.07, 6.45) is 5.78.